The second kappa shape index (κ2) is 11.2. The van der Waals surface area contributed by atoms with Gasteiger partial charge < -0.3 is 10.7 Å². The summed E-state index contributed by atoms with van der Waals surface area (Å²) in [5, 5.41) is 0. The average Bonchev–Trinajstić information content (AvgIpc) is 1.12. The number of hydrogen-bond acceptors (Lipinski definition) is 6. The summed E-state index contributed by atoms with van der Waals surface area (Å²) in [6.45, 7) is 0. The molecule has 0 aliphatic carbocycles. The van der Waals surface area contributed by atoms with E-state index in [4.69, 9.17) is 35.0 Å². The third-order valence-electron chi connectivity index (χ3n) is 0. The molecule has 0 aromatic rings. The first-order chi connectivity index (χ1) is 4.00. The van der Waals surface area contributed by atoms with Crippen molar-refractivity contribution in [3.63, 3.8) is 0 Å². The van der Waals surface area contributed by atoms with Crippen molar-refractivity contribution in [2.24, 2.45) is 0 Å². The molecular formula is H6NO8S2Ti2-. The molecule has 13 heteroatoms. The Hall–Kier alpha value is 1.13. The van der Waals surface area contributed by atoms with Gasteiger partial charge in [0.1, 0.15) is 0 Å². The average molecular weight is 308 g/mol. The Morgan fingerprint density at radius 1 is 0.846 bits per heavy atom. The van der Waals surface area contributed by atoms with Gasteiger partial charge in [0.25, 0.3) is 0 Å². The van der Waals surface area contributed by atoms with Crippen LogP contribution in [0.5, 0.6) is 0 Å². The van der Waals surface area contributed by atoms with E-state index < -0.39 is 20.8 Å². The van der Waals surface area contributed by atoms with Crippen molar-refractivity contribution < 1.29 is 78.5 Å². The molecule has 0 aromatic carbocycles. The summed E-state index contributed by atoms with van der Waals surface area (Å²) >= 11 is 0. The van der Waals surface area contributed by atoms with Crippen molar-refractivity contribution in [1.29, 1.82) is 0 Å². The number of hydrogen-bond donors (Lipinski definition) is 4. The quantitative estimate of drug-likeness (QED) is 0.235. The Bertz CT molecular complexity index is 217. The Morgan fingerprint density at radius 2 is 0.846 bits per heavy atom. The van der Waals surface area contributed by atoms with Crippen LogP contribution >= 0.6 is 0 Å². The minimum absolute atomic E-state index is 0. The van der Waals surface area contributed by atoms with Crippen LogP contribution in [0.15, 0.2) is 0 Å². The summed E-state index contributed by atoms with van der Waals surface area (Å²) in [6.07, 6.45) is 0. The van der Waals surface area contributed by atoms with Gasteiger partial charge in [0.05, 0.1) is 0 Å². The first-order valence-corrected chi connectivity index (χ1v) is 4.14. The molecule has 0 radical (unpaired) electrons. The number of rotatable bonds is 0. The molecule has 13 heavy (non-hydrogen) atoms. The van der Waals surface area contributed by atoms with Crippen LogP contribution in [-0.4, -0.2) is 35.0 Å². The van der Waals surface area contributed by atoms with Gasteiger partial charge in [0, 0.05) is 43.4 Å². The van der Waals surface area contributed by atoms with Crippen molar-refractivity contribution >= 4 is 20.8 Å². The van der Waals surface area contributed by atoms with Gasteiger partial charge in [-0.3, -0.25) is 13.7 Å². The third kappa shape index (κ3) is 1280. The first kappa shape index (κ1) is 29.2. The van der Waals surface area contributed by atoms with E-state index >= 15 is 0 Å². The fourth-order valence-corrected chi connectivity index (χ4v) is 0. The van der Waals surface area contributed by atoms with E-state index in [0.29, 0.717) is 0 Å². The van der Waals surface area contributed by atoms with E-state index in [-0.39, 0.29) is 49.6 Å². The smallest absolute Gasteiger partial charge is 0.394 e. The minimum Gasteiger partial charge on any atom is -0.726 e. The van der Waals surface area contributed by atoms with Crippen molar-refractivity contribution in [2.75, 3.05) is 0 Å². The fourth-order valence-electron chi connectivity index (χ4n) is 0. The Kier molecular flexibility index (Phi) is 25.2. The van der Waals surface area contributed by atoms with E-state index in [1.54, 1.807) is 0 Å². The molecule has 0 spiro atoms. The van der Waals surface area contributed by atoms with E-state index in [2.05, 4.69) is 0 Å². The molecule has 0 unspecified atom stereocenters. The van der Waals surface area contributed by atoms with Crippen LogP contribution in [-0.2, 0) is 64.2 Å². The monoisotopic (exact) mass is 308 g/mol. The zero-order valence-corrected chi connectivity index (χ0v) is 10.7. The topological polar surface area (TPSA) is 187 Å². The van der Waals surface area contributed by atoms with Crippen LogP contribution < -0.4 is 6.15 Å². The fraction of sp³-hybridized carbons (Fsp3) is 0. The van der Waals surface area contributed by atoms with Crippen molar-refractivity contribution in [1.82, 2.24) is 6.15 Å². The van der Waals surface area contributed by atoms with Crippen LogP contribution in [0, 0.1) is 0 Å². The van der Waals surface area contributed by atoms with Crippen LogP contribution in [0.4, 0.5) is 0 Å². The molecule has 0 heterocycles. The largest absolute Gasteiger partial charge is 0.726 e. The Labute approximate surface area is 105 Å². The molecule has 0 fully saturated rings. The third-order valence-corrected chi connectivity index (χ3v) is 0. The van der Waals surface area contributed by atoms with Crippen molar-refractivity contribution in [3.05, 3.63) is 0 Å². The van der Waals surface area contributed by atoms with Crippen molar-refractivity contribution in [3.8, 4) is 0 Å². The van der Waals surface area contributed by atoms with Crippen LogP contribution in [0.25, 0.3) is 0 Å². The van der Waals surface area contributed by atoms with Gasteiger partial charge in [-0.2, -0.15) is 8.42 Å². The molecule has 0 amide bonds. The maximum atomic E-state index is 8.74. The molecule has 0 rings (SSSR count). The summed E-state index contributed by atoms with van der Waals surface area (Å²) < 4.78 is 64.4. The molecule has 6 N–H and O–H groups in total. The van der Waals surface area contributed by atoms with Gasteiger partial charge in [0.15, 0.2) is 0 Å². The molecule has 0 bridgehead atoms. The van der Waals surface area contributed by atoms with Gasteiger partial charge in [-0.15, -0.1) is 0 Å². The Morgan fingerprint density at radius 3 is 0.846 bits per heavy atom. The molecule has 0 aliphatic rings. The summed E-state index contributed by atoms with van der Waals surface area (Å²) in [5.41, 5.74) is 0. The van der Waals surface area contributed by atoms with Crippen LogP contribution in [0.1, 0.15) is 0 Å². The minimum atomic E-state index is -4.92. The predicted molar refractivity (Wildman–Crippen MR) is 31.5 cm³/mol. The van der Waals surface area contributed by atoms with E-state index in [0.717, 1.165) is 0 Å². The molecule has 9 nitrogen and oxygen atoms in total. The van der Waals surface area contributed by atoms with Gasteiger partial charge in [-0.1, -0.05) is 0 Å². The van der Waals surface area contributed by atoms with Gasteiger partial charge in [-0.25, -0.2) is 8.42 Å². The first-order valence-electron chi connectivity index (χ1n) is 1.38. The maximum absolute atomic E-state index is 8.74. The molecular weight excluding hydrogens is 302 g/mol. The molecule has 0 saturated heterocycles. The second-order valence-electron chi connectivity index (χ2n) is 0.876. The van der Waals surface area contributed by atoms with Crippen molar-refractivity contribution in [2.45, 2.75) is 0 Å². The normalized spacial score (nSPS) is 8.92. The van der Waals surface area contributed by atoms with E-state index in [1.807, 2.05) is 0 Å². The summed E-state index contributed by atoms with van der Waals surface area (Å²) in [7, 11) is -9.58. The molecule has 0 aliphatic heterocycles. The molecule has 0 saturated carbocycles. The molecule has 0 aromatic heterocycles. The van der Waals surface area contributed by atoms with Crippen LogP contribution in [0.2, 0.25) is 0 Å². The maximum Gasteiger partial charge on any atom is 0.394 e. The van der Waals surface area contributed by atoms with Gasteiger partial charge in [-0.05, 0) is 0 Å². The predicted octanol–water partition coefficient (Wildman–Crippen LogP) is -1.49. The van der Waals surface area contributed by atoms with Gasteiger partial charge >= 0.3 is 10.4 Å². The standard InChI is InChI=1S/H3N.2H2O4S.2Ti/c;2*1-5(2,3)4;;/h1H3;2*(H2,1,2,3,4);;/p-1. The SMILES string of the molecule is N.O=S(=O)(O)O.O=S(=O)([O-])O.[Ti].[Ti]. The second-order valence-corrected chi connectivity index (χ2v) is 2.63. The van der Waals surface area contributed by atoms with E-state index in [1.165, 1.54) is 0 Å². The molecule has 0 atom stereocenters. The summed E-state index contributed by atoms with van der Waals surface area (Å²) in [4.78, 5) is 0. The Balaban J connectivity index is -0.0000000267. The van der Waals surface area contributed by atoms with Crippen LogP contribution in [0.3, 0.4) is 0 Å². The summed E-state index contributed by atoms with van der Waals surface area (Å²) in [6, 6.07) is 0. The molecule has 80 valence electrons. The zero-order valence-electron chi connectivity index (χ0n) is 5.91. The summed E-state index contributed by atoms with van der Waals surface area (Å²) in [5.74, 6) is 0. The van der Waals surface area contributed by atoms with Gasteiger partial charge in [0.2, 0.25) is 10.4 Å². The van der Waals surface area contributed by atoms with E-state index in [9.17, 15) is 0 Å². The zero-order chi connectivity index (χ0) is 9.00.